The molecule has 19 heavy (non-hydrogen) atoms. The Hall–Kier alpha value is -0.810. The number of rotatable bonds is 4. The van der Waals surface area contributed by atoms with Gasteiger partial charge in [-0.2, -0.15) is 11.8 Å². The van der Waals surface area contributed by atoms with Gasteiger partial charge in [-0.25, -0.2) is 0 Å². The van der Waals surface area contributed by atoms with Crippen LogP contribution in [0, 0.1) is 0 Å². The first-order chi connectivity index (χ1) is 9.29. The number of hydrogen-bond acceptors (Lipinski definition) is 4. The van der Waals surface area contributed by atoms with Crippen LogP contribution in [0.1, 0.15) is 16.5 Å². The van der Waals surface area contributed by atoms with E-state index in [0.717, 1.165) is 31.1 Å². The number of carbonyl (C=O) groups excluding carboxylic acids is 1. The second-order valence-corrected chi connectivity index (χ2v) is 6.76. The highest BCUT2D eigenvalue weighted by atomic mass is 32.2. The van der Waals surface area contributed by atoms with Gasteiger partial charge in [-0.1, -0.05) is 6.07 Å². The maximum atomic E-state index is 12.0. The molecule has 1 aromatic carbocycles. The molecular formula is C14H17NO2S2. The smallest absolute Gasteiger partial charge is 0.233 e. The van der Waals surface area contributed by atoms with Gasteiger partial charge in [0.2, 0.25) is 5.91 Å². The summed E-state index contributed by atoms with van der Waals surface area (Å²) < 4.78 is 5.54. The minimum absolute atomic E-state index is 0.186. The van der Waals surface area contributed by atoms with Gasteiger partial charge in [0, 0.05) is 18.7 Å². The summed E-state index contributed by atoms with van der Waals surface area (Å²) in [6.45, 7) is 1.62. The van der Waals surface area contributed by atoms with E-state index in [9.17, 15) is 4.79 Å². The first-order valence-corrected chi connectivity index (χ1v) is 8.89. The summed E-state index contributed by atoms with van der Waals surface area (Å²) in [4.78, 5) is 14.0. The quantitative estimate of drug-likeness (QED) is 0.854. The molecule has 102 valence electrons. The lowest BCUT2D eigenvalue weighted by molar-refractivity contribution is -0.127. The van der Waals surface area contributed by atoms with Gasteiger partial charge in [-0.05, 0) is 29.5 Å². The summed E-state index contributed by atoms with van der Waals surface area (Å²) in [7, 11) is 0. The fourth-order valence-corrected chi connectivity index (χ4v) is 4.11. The van der Waals surface area contributed by atoms with Gasteiger partial charge < -0.3 is 9.64 Å². The fourth-order valence-electron chi connectivity index (χ4n) is 2.52. The molecule has 0 bridgehead atoms. The molecule has 0 spiro atoms. The number of nitrogens with zero attached hydrogens (tertiary/aromatic N) is 1. The zero-order valence-electron chi connectivity index (χ0n) is 10.9. The average molecular weight is 295 g/mol. The highest BCUT2D eigenvalue weighted by Gasteiger charge is 2.32. The van der Waals surface area contributed by atoms with Crippen LogP contribution < -0.4 is 4.74 Å². The summed E-state index contributed by atoms with van der Waals surface area (Å²) in [6.07, 6.45) is 3.06. The lowest BCUT2D eigenvalue weighted by Crippen LogP contribution is -2.30. The van der Waals surface area contributed by atoms with Crippen LogP contribution in [0.4, 0.5) is 0 Å². The molecule has 5 heteroatoms. The SMILES string of the molecule is CSCCN1C(=O)CSC1c1ccc2c(c1)CCO2. The lowest BCUT2D eigenvalue weighted by atomic mass is 10.1. The third-order valence-electron chi connectivity index (χ3n) is 3.50. The van der Waals surface area contributed by atoms with Crippen LogP contribution in [-0.2, 0) is 11.2 Å². The number of thioether (sulfide) groups is 2. The van der Waals surface area contributed by atoms with Crippen LogP contribution >= 0.6 is 23.5 Å². The van der Waals surface area contributed by atoms with Crippen LogP contribution in [0.25, 0.3) is 0 Å². The minimum Gasteiger partial charge on any atom is -0.493 e. The Morgan fingerprint density at radius 2 is 2.42 bits per heavy atom. The maximum Gasteiger partial charge on any atom is 0.233 e. The predicted octanol–water partition coefficient (Wildman–Crippen LogP) is 2.56. The molecule has 0 aromatic heterocycles. The van der Waals surface area contributed by atoms with E-state index in [1.54, 1.807) is 23.5 Å². The zero-order valence-corrected chi connectivity index (χ0v) is 12.6. The third kappa shape index (κ3) is 2.58. The molecule has 1 fully saturated rings. The van der Waals surface area contributed by atoms with Crippen LogP contribution in [0.3, 0.4) is 0 Å². The van der Waals surface area contributed by atoms with Crippen molar-refractivity contribution in [2.75, 3.05) is 30.9 Å². The predicted molar refractivity (Wildman–Crippen MR) is 80.9 cm³/mol. The topological polar surface area (TPSA) is 29.5 Å². The highest BCUT2D eigenvalue weighted by Crippen LogP contribution is 2.40. The van der Waals surface area contributed by atoms with E-state index >= 15 is 0 Å². The van der Waals surface area contributed by atoms with Crippen molar-refractivity contribution in [1.29, 1.82) is 0 Å². The van der Waals surface area contributed by atoms with Crippen molar-refractivity contribution in [3.8, 4) is 5.75 Å². The van der Waals surface area contributed by atoms with Crippen LogP contribution in [0.15, 0.2) is 18.2 Å². The summed E-state index contributed by atoms with van der Waals surface area (Å²) in [6, 6.07) is 6.37. The van der Waals surface area contributed by atoms with Gasteiger partial charge in [-0.3, -0.25) is 4.79 Å². The average Bonchev–Trinajstić information content (AvgIpc) is 3.02. The molecule has 1 amide bonds. The molecule has 0 aliphatic carbocycles. The summed E-state index contributed by atoms with van der Waals surface area (Å²) in [5.74, 6) is 2.87. The number of carbonyl (C=O) groups is 1. The number of ether oxygens (including phenoxy) is 1. The first-order valence-electron chi connectivity index (χ1n) is 6.45. The normalized spacial score (nSPS) is 21.6. The number of amides is 1. The molecule has 2 aliphatic heterocycles. The monoisotopic (exact) mass is 295 g/mol. The second-order valence-electron chi connectivity index (χ2n) is 4.71. The Morgan fingerprint density at radius 1 is 1.53 bits per heavy atom. The highest BCUT2D eigenvalue weighted by molar-refractivity contribution is 8.00. The summed E-state index contributed by atoms with van der Waals surface area (Å²) in [5.41, 5.74) is 2.52. The van der Waals surface area contributed by atoms with Gasteiger partial charge in [0.1, 0.15) is 11.1 Å². The molecule has 1 saturated heterocycles. The van der Waals surface area contributed by atoms with Crippen LogP contribution in [0.2, 0.25) is 0 Å². The third-order valence-corrected chi connectivity index (χ3v) is 5.35. The van der Waals surface area contributed by atoms with Crippen molar-refractivity contribution in [3.63, 3.8) is 0 Å². The maximum absolute atomic E-state index is 12.0. The molecule has 0 radical (unpaired) electrons. The van der Waals surface area contributed by atoms with Crippen LogP contribution in [0.5, 0.6) is 5.75 Å². The van der Waals surface area contributed by atoms with Gasteiger partial charge in [-0.15, -0.1) is 11.8 Å². The molecule has 2 heterocycles. The molecule has 0 saturated carbocycles. The van der Waals surface area contributed by atoms with Gasteiger partial charge in [0.15, 0.2) is 0 Å². The standard InChI is InChI=1S/C14H17NO2S2/c1-18-7-5-15-13(16)9-19-14(15)11-2-3-12-10(8-11)4-6-17-12/h2-3,8,14H,4-7,9H2,1H3. The van der Waals surface area contributed by atoms with Gasteiger partial charge >= 0.3 is 0 Å². The van der Waals surface area contributed by atoms with E-state index in [0.29, 0.717) is 5.75 Å². The van der Waals surface area contributed by atoms with Crippen molar-refractivity contribution in [1.82, 2.24) is 4.90 Å². The van der Waals surface area contributed by atoms with Crippen molar-refractivity contribution < 1.29 is 9.53 Å². The number of fused-ring (bicyclic) bond motifs is 1. The van der Waals surface area contributed by atoms with Crippen molar-refractivity contribution in [2.24, 2.45) is 0 Å². The Labute approximate surface area is 122 Å². The van der Waals surface area contributed by atoms with E-state index < -0.39 is 0 Å². The van der Waals surface area contributed by atoms with E-state index in [1.807, 2.05) is 11.0 Å². The lowest BCUT2D eigenvalue weighted by Gasteiger charge is -2.24. The van der Waals surface area contributed by atoms with E-state index in [1.165, 1.54) is 11.1 Å². The van der Waals surface area contributed by atoms with Gasteiger partial charge in [0.25, 0.3) is 0 Å². The summed E-state index contributed by atoms with van der Waals surface area (Å²) >= 11 is 3.52. The van der Waals surface area contributed by atoms with Crippen molar-refractivity contribution in [3.05, 3.63) is 29.3 Å². The molecule has 1 unspecified atom stereocenters. The van der Waals surface area contributed by atoms with E-state index in [4.69, 9.17) is 4.74 Å². The Bertz CT molecular complexity index is 492. The largest absolute Gasteiger partial charge is 0.493 e. The van der Waals surface area contributed by atoms with E-state index in [2.05, 4.69) is 18.4 Å². The molecule has 1 atom stereocenters. The molecule has 1 aromatic rings. The van der Waals surface area contributed by atoms with Gasteiger partial charge in [0.05, 0.1) is 12.4 Å². The second kappa shape index (κ2) is 5.67. The molecule has 3 nitrogen and oxygen atoms in total. The van der Waals surface area contributed by atoms with Crippen molar-refractivity contribution in [2.45, 2.75) is 11.8 Å². The summed E-state index contributed by atoms with van der Waals surface area (Å²) in [5, 5.41) is 0.186. The van der Waals surface area contributed by atoms with Crippen LogP contribution in [-0.4, -0.2) is 41.7 Å². The Kier molecular flexibility index (Phi) is 3.93. The molecule has 3 rings (SSSR count). The Morgan fingerprint density at radius 3 is 3.26 bits per heavy atom. The Balaban J connectivity index is 1.82. The van der Waals surface area contributed by atoms with E-state index in [-0.39, 0.29) is 11.3 Å². The molecule has 2 aliphatic rings. The number of benzene rings is 1. The number of hydrogen-bond donors (Lipinski definition) is 0. The molecular weight excluding hydrogens is 278 g/mol. The molecule has 0 N–H and O–H groups in total. The first kappa shape index (κ1) is 13.2. The fraction of sp³-hybridized carbons (Fsp3) is 0.500. The minimum atomic E-state index is 0.186. The zero-order chi connectivity index (χ0) is 13.2. The van der Waals surface area contributed by atoms with Crippen molar-refractivity contribution >= 4 is 29.4 Å².